The summed E-state index contributed by atoms with van der Waals surface area (Å²) in [4.78, 5) is 17.1. The number of fused-ring (bicyclic) bond motifs is 1. The van der Waals surface area contributed by atoms with E-state index >= 15 is 0 Å². The van der Waals surface area contributed by atoms with Crippen molar-refractivity contribution in [1.82, 2.24) is 9.80 Å². The predicted octanol–water partition coefficient (Wildman–Crippen LogP) is 2.95. The summed E-state index contributed by atoms with van der Waals surface area (Å²) >= 11 is 1.66. The Morgan fingerprint density at radius 1 is 1.17 bits per heavy atom. The number of hydrogen-bond donors (Lipinski definition) is 0. The van der Waals surface area contributed by atoms with Crippen LogP contribution in [0, 0.1) is 0 Å². The molecule has 1 fully saturated rings. The van der Waals surface area contributed by atoms with Crippen LogP contribution in [0.15, 0.2) is 41.1 Å². The smallest absolute Gasteiger partial charge is 0.227 e. The normalized spacial score (nSPS) is 21.4. The maximum absolute atomic E-state index is 12.5. The molecule has 23 heavy (non-hydrogen) atoms. The molecule has 3 nitrogen and oxygen atoms in total. The topological polar surface area (TPSA) is 23.6 Å². The van der Waals surface area contributed by atoms with Crippen LogP contribution in [0.25, 0.3) is 0 Å². The Morgan fingerprint density at radius 2 is 2.04 bits per heavy atom. The molecule has 4 heteroatoms. The quantitative estimate of drug-likeness (QED) is 0.866. The van der Waals surface area contributed by atoms with Gasteiger partial charge in [-0.05, 0) is 46.4 Å². The van der Waals surface area contributed by atoms with Crippen molar-refractivity contribution >= 4 is 17.2 Å². The fourth-order valence-electron chi connectivity index (χ4n) is 3.78. The van der Waals surface area contributed by atoms with Gasteiger partial charge in [0.1, 0.15) is 0 Å². The van der Waals surface area contributed by atoms with E-state index in [0.29, 0.717) is 12.5 Å². The highest BCUT2D eigenvalue weighted by Crippen LogP contribution is 2.24. The molecule has 0 saturated carbocycles. The van der Waals surface area contributed by atoms with Gasteiger partial charge in [-0.25, -0.2) is 0 Å². The van der Waals surface area contributed by atoms with E-state index < -0.39 is 0 Å². The molecule has 0 N–H and O–H groups in total. The monoisotopic (exact) mass is 326 g/mol. The number of thiophene rings is 1. The van der Waals surface area contributed by atoms with Crippen LogP contribution in [0.5, 0.6) is 0 Å². The summed E-state index contributed by atoms with van der Waals surface area (Å²) in [5.74, 6) is 0.281. The largest absolute Gasteiger partial charge is 0.341 e. The lowest BCUT2D eigenvalue weighted by Gasteiger charge is -2.33. The van der Waals surface area contributed by atoms with Gasteiger partial charge in [-0.3, -0.25) is 9.69 Å². The maximum atomic E-state index is 12.5. The number of likely N-dealkylation sites (tertiary alicyclic amines) is 1. The van der Waals surface area contributed by atoms with Crippen molar-refractivity contribution in [3.05, 3.63) is 57.8 Å². The maximum Gasteiger partial charge on any atom is 0.227 e. The Kier molecular flexibility index (Phi) is 4.19. The number of rotatable bonds is 3. The van der Waals surface area contributed by atoms with Crippen molar-refractivity contribution in [2.45, 2.75) is 31.8 Å². The van der Waals surface area contributed by atoms with Crippen LogP contribution in [0.1, 0.15) is 23.1 Å². The summed E-state index contributed by atoms with van der Waals surface area (Å²) < 4.78 is 0. The lowest BCUT2D eigenvalue weighted by atomic mass is 9.98. The average molecular weight is 326 g/mol. The van der Waals surface area contributed by atoms with Crippen molar-refractivity contribution < 1.29 is 4.79 Å². The van der Waals surface area contributed by atoms with E-state index in [0.717, 1.165) is 44.6 Å². The van der Waals surface area contributed by atoms with Gasteiger partial charge in [-0.1, -0.05) is 24.3 Å². The molecule has 1 unspecified atom stereocenters. The second kappa shape index (κ2) is 6.46. The lowest BCUT2D eigenvalue weighted by molar-refractivity contribution is -0.129. The second-order valence-electron chi connectivity index (χ2n) is 6.58. The van der Waals surface area contributed by atoms with Gasteiger partial charge in [0.25, 0.3) is 0 Å². The first-order chi connectivity index (χ1) is 11.3. The minimum Gasteiger partial charge on any atom is -0.341 e. The zero-order chi connectivity index (χ0) is 15.6. The van der Waals surface area contributed by atoms with E-state index in [4.69, 9.17) is 0 Å². The van der Waals surface area contributed by atoms with Crippen LogP contribution in [0.2, 0.25) is 0 Å². The number of carbonyl (C=O) groups excluding carboxylic acids is 1. The van der Waals surface area contributed by atoms with Gasteiger partial charge in [-0.15, -0.1) is 0 Å². The van der Waals surface area contributed by atoms with Crippen LogP contribution in [-0.4, -0.2) is 41.4 Å². The molecule has 1 aromatic heterocycles. The molecule has 0 spiro atoms. The van der Waals surface area contributed by atoms with Crippen LogP contribution in [0.4, 0.5) is 0 Å². The van der Waals surface area contributed by atoms with Gasteiger partial charge in [0.15, 0.2) is 0 Å². The molecular formula is C19H22N2OS. The molecule has 1 atom stereocenters. The SMILES string of the molecule is O=C(Cc1ccsc1)N1CCC(N2CCc3ccccc3C2)C1. The third-order valence-corrected chi connectivity index (χ3v) is 5.86. The van der Waals surface area contributed by atoms with Gasteiger partial charge < -0.3 is 4.90 Å². The Morgan fingerprint density at radius 3 is 2.87 bits per heavy atom. The van der Waals surface area contributed by atoms with Crippen LogP contribution >= 0.6 is 11.3 Å². The van der Waals surface area contributed by atoms with Crippen LogP contribution in [0.3, 0.4) is 0 Å². The number of amides is 1. The van der Waals surface area contributed by atoms with Gasteiger partial charge in [0.2, 0.25) is 5.91 Å². The molecule has 2 aliphatic rings. The second-order valence-corrected chi connectivity index (χ2v) is 7.36. The third kappa shape index (κ3) is 3.19. The Bertz CT molecular complexity index is 682. The molecule has 4 rings (SSSR count). The minimum atomic E-state index is 0.281. The first kappa shape index (κ1) is 14.9. The number of nitrogens with zero attached hydrogens (tertiary/aromatic N) is 2. The summed E-state index contributed by atoms with van der Waals surface area (Å²) in [6, 6.07) is 11.3. The van der Waals surface area contributed by atoms with Crippen molar-refractivity contribution in [2.24, 2.45) is 0 Å². The van der Waals surface area contributed by atoms with Crippen LogP contribution in [-0.2, 0) is 24.2 Å². The van der Waals surface area contributed by atoms with Crippen LogP contribution < -0.4 is 0 Å². The summed E-state index contributed by atoms with van der Waals surface area (Å²) in [5, 5.41) is 4.12. The molecule has 120 valence electrons. The molecule has 3 heterocycles. The summed E-state index contributed by atoms with van der Waals surface area (Å²) in [7, 11) is 0. The Hall–Kier alpha value is -1.65. The molecule has 2 aliphatic heterocycles. The number of carbonyl (C=O) groups is 1. The molecule has 1 aromatic carbocycles. The fraction of sp³-hybridized carbons (Fsp3) is 0.421. The van der Waals surface area contributed by atoms with Gasteiger partial charge >= 0.3 is 0 Å². The molecule has 0 bridgehead atoms. The molecule has 2 aromatic rings. The van der Waals surface area contributed by atoms with E-state index in [1.54, 1.807) is 11.3 Å². The lowest BCUT2D eigenvalue weighted by Crippen LogP contribution is -2.41. The van der Waals surface area contributed by atoms with E-state index in [-0.39, 0.29) is 5.91 Å². The number of hydrogen-bond acceptors (Lipinski definition) is 3. The predicted molar refractivity (Wildman–Crippen MR) is 93.6 cm³/mol. The van der Waals surface area contributed by atoms with E-state index in [2.05, 4.69) is 45.5 Å². The molecule has 0 aliphatic carbocycles. The van der Waals surface area contributed by atoms with Gasteiger partial charge in [0.05, 0.1) is 6.42 Å². The van der Waals surface area contributed by atoms with E-state index in [9.17, 15) is 4.79 Å². The zero-order valence-electron chi connectivity index (χ0n) is 13.3. The Labute approximate surface area is 141 Å². The Balaban J connectivity index is 1.36. The standard InChI is InChI=1S/C19H22N2OS/c22-19(11-15-7-10-23-14-15)21-9-6-18(13-21)20-8-5-16-3-1-2-4-17(16)12-20/h1-4,7,10,14,18H,5-6,8-9,11-13H2. The van der Waals surface area contributed by atoms with Gasteiger partial charge in [0, 0.05) is 32.2 Å². The zero-order valence-corrected chi connectivity index (χ0v) is 14.1. The first-order valence-electron chi connectivity index (χ1n) is 8.39. The summed E-state index contributed by atoms with van der Waals surface area (Å²) in [6.45, 7) is 3.96. The van der Waals surface area contributed by atoms with Crippen molar-refractivity contribution in [2.75, 3.05) is 19.6 Å². The minimum absolute atomic E-state index is 0.281. The first-order valence-corrected chi connectivity index (χ1v) is 9.33. The molecular weight excluding hydrogens is 304 g/mol. The third-order valence-electron chi connectivity index (χ3n) is 5.13. The highest BCUT2D eigenvalue weighted by Gasteiger charge is 2.31. The highest BCUT2D eigenvalue weighted by atomic mass is 32.1. The fourth-order valence-corrected chi connectivity index (χ4v) is 4.44. The van der Waals surface area contributed by atoms with E-state index in [1.165, 1.54) is 11.1 Å². The molecule has 1 amide bonds. The molecule has 1 saturated heterocycles. The number of benzene rings is 1. The summed E-state index contributed by atoms with van der Waals surface area (Å²) in [5.41, 5.74) is 4.10. The molecule has 0 radical (unpaired) electrons. The van der Waals surface area contributed by atoms with E-state index in [1.807, 2.05) is 5.38 Å². The highest BCUT2D eigenvalue weighted by molar-refractivity contribution is 7.08. The average Bonchev–Trinajstić information content (AvgIpc) is 3.26. The summed E-state index contributed by atoms with van der Waals surface area (Å²) in [6.07, 6.45) is 2.80. The van der Waals surface area contributed by atoms with Crippen molar-refractivity contribution in [1.29, 1.82) is 0 Å². The van der Waals surface area contributed by atoms with Gasteiger partial charge in [-0.2, -0.15) is 11.3 Å². The van der Waals surface area contributed by atoms with Crippen molar-refractivity contribution in [3.8, 4) is 0 Å². The van der Waals surface area contributed by atoms with Crippen molar-refractivity contribution in [3.63, 3.8) is 0 Å².